The molecule has 156 valence electrons. The predicted molar refractivity (Wildman–Crippen MR) is 112 cm³/mol. The summed E-state index contributed by atoms with van der Waals surface area (Å²) in [4.78, 5) is 12.6. The molecule has 30 heavy (non-hydrogen) atoms. The Bertz CT molecular complexity index is 1070. The molecule has 0 atom stereocenters. The summed E-state index contributed by atoms with van der Waals surface area (Å²) >= 11 is 0. The molecular weight excluding hydrogens is 388 g/mol. The van der Waals surface area contributed by atoms with Gasteiger partial charge in [-0.1, -0.05) is 6.07 Å². The van der Waals surface area contributed by atoms with Crippen molar-refractivity contribution in [1.82, 2.24) is 0 Å². The Morgan fingerprint density at radius 2 is 1.73 bits per heavy atom. The van der Waals surface area contributed by atoms with Crippen LogP contribution in [0.2, 0.25) is 0 Å². The summed E-state index contributed by atoms with van der Waals surface area (Å²) < 4.78 is 38.4. The van der Waals surface area contributed by atoms with Crippen molar-refractivity contribution in [1.29, 1.82) is 0 Å². The maximum atomic E-state index is 13.8. The first-order chi connectivity index (χ1) is 14.4. The van der Waals surface area contributed by atoms with Gasteiger partial charge >= 0.3 is 0 Å². The highest BCUT2D eigenvalue weighted by Gasteiger charge is 2.14. The van der Waals surface area contributed by atoms with E-state index < -0.39 is 17.5 Å². The summed E-state index contributed by atoms with van der Waals surface area (Å²) in [6.45, 7) is 6.56. The summed E-state index contributed by atoms with van der Waals surface area (Å²) in [6.07, 6.45) is 0. The zero-order valence-electron chi connectivity index (χ0n) is 17.1. The third-order valence-corrected chi connectivity index (χ3v) is 4.67. The van der Waals surface area contributed by atoms with Crippen LogP contribution in [0.25, 0.3) is 0 Å². The van der Waals surface area contributed by atoms with E-state index in [0.717, 1.165) is 17.7 Å². The van der Waals surface area contributed by atoms with Crippen LogP contribution in [0.3, 0.4) is 0 Å². The highest BCUT2D eigenvalue weighted by molar-refractivity contribution is 6.04. The lowest BCUT2D eigenvalue weighted by Gasteiger charge is -2.14. The number of carbonyl (C=O) groups is 1. The van der Waals surface area contributed by atoms with Crippen LogP contribution in [-0.4, -0.2) is 12.5 Å². The van der Waals surface area contributed by atoms with E-state index in [0.29, 0.717) is 29.2 Å². The Balaban J connectivity index is 1.80. The van der Waals surface area contributed by atoms with Crippen molar-refractivity contribution < 1.29 is 23.0 Å². The average Bonchev–Trinajstić information content (AvgIpc) is 2.72. The van der Waals surface area contributed by atoms with Gasteiger partial charge in [0.2, 0.25) is 0 Å². The molecule has 0 spiro atoms. The van der Waals surface area contributed by atoms with Crippen LogP contribution in [0.15, 0.2) is 54.6 Å². The highest BCUT2D eigenvalue weighted by atomic mass is 19.1. The van der Waals surface area contributed by atoms with Gasteiger partial charge in [0.1, 0.15) is 29.7 Å². The van der Waals surface area contributed by atoms with Gasteiger partial charge in [-0.05, 0) is 74.4 Å². The molecule has 0 fully saturated rings. The molecule has 0 heterocycles. The number of benzene rings is 3. The Morgan fingerprint density at radius 3 is 2.43 bits per heavy atom. The normalized spacial score (nSPS) is 10.6. The van der Waals surface area contributed by atoms with Crippen LogP contribution in [0.1, 0.15) is 34.0 Å². The number of rotatable bonds is 7. The quantitative estimate of drug-likeness (QED) is 0.534. The number of amides is 1. The minimum atomic E-state index is -0.840. The molecule has 1 amide bonds. The van der Waals surface area contributed by atoms with Gasteiger partial charge in [0, 0.05) is 17.2 Å². The number of hydrogen-bond donors (Lipinski definition) is 1. The minimum Gasteiger partial charge on any atom is -0.493 e. The van der Waals surface area contributed by atoms with Gasteiger partial charge in [-0.2, -0.15) is 0 Å². The second-order valence-electron chi connectivity index (χ2n) is 6.87. The minimum absolute atomic E-state index is 0.0942. The van der Waals surface area contributed by atoms with E-state index in [4.69, 9.17) is 9.47 Å². The maximum absolute atomic E-state index is 13.8. The molecule has 0 radical (unpaired) electrons. The number of ether oxygens (including phenoxy) is 2. The third-order valence-electron chi connectivity index (χ3n) is 4.67. The number of aryl methyl sites for hydroxylation is 2. The Morgan fingerprint density at radius 1 is 0.933 bits per heavy atom. The fourth-order valence-electron chi connectivity index (χ4n) is 2.88. The van der Waals surface area contributed by atoms with Gasteiger partial charge < -0.3 is 14.8 Å². The molecule has 0 aliphatic carbocycles. The molecule has 3 aromatic carbocycles. The van der Waals surface area contributed by atoms with Gasteiger partial charge in [-0.25, -0.2) is 8.78 Å². The number of anilines is 1. The van der Waals surface area contributed by atoms with Crippen LogP contribution in [0, 0.1) is 25.5 Å². The van der Waals surface area contributed by atoms with Crippen molar-refractivity contribution >= 4 is 11.6 Å². The summed E-state index contributed by atoms with van der Waals surface area (Å²) in [5.74, 6) is -0.754. The second-order valence-corrected chi connectivity index (χ2v) is 6.87. The average molecular weight is 411 g/mol. The standard InChI is InChI=1S/C24H23F2NO3/c1-4-29-23-10-6-17(24(28)27-22-9-7-19(25)13-21(22)26)12-18(23)14-30-20-8-5-15(2)16(3)11-20/h5-13H,4,14H2,1-3H3,(H,27,28). The topological polar surface area (TPSA) is 47.6 Å². The molecule has 0 aliphatic rings. The molecule has 6 heteroatoms. The largest absolute Gasteiger partial charge is 0.493 e. The molecular formula is C24H23F2NO3. The van der Waals surface area contributed by atoms with E-state index in [9.17, 15) is 13.6 Å². The van der Waals surface area contributed by atoms with E-state index in [1.165, 1.54) is 11.6 Å². The monoisotopic (exact) mass is 411 g/mol. The van der Waals surface area contributed by atoms with Crippen molar-refractivity contribution in [3.05, 3.63) is 88.5 Å². The van der Waals surface area contributed by atoms with E-state index in [2.05, 4.69) is 5.32 Å². The Hall–Kier alpha value is -3.41. The van der Waals surface area contributed by atoms with Crippen LogP contribution < -0.4 is 14.8 Å². The second kappa shape index (κ2) is 9.39. The van der Waals surface area contributed by atoms with Crippen LogP contribution in [0.4, 0.5) is 14.5 Å². The summed E-state index contributed by atoms with van der Waals surface area (Å²) in [6, 6.07) is 13.7. The van der Waals surface area contributed by atoms with Crippen molar-refractivity contribution in [2.45, 2.75) is 27.4 Å². The van der Waals surface area contributed by atoms with Crippen LogP contribution in [-0.2, 0) is 6.61 Å². The van der Waals surface area contributed by atoms with E-state index >= 15 is 0 Å². The van der Waals surface area contributed by atoms with Gasteiger partial charge in [0.05, 0.1) is 12.3 Å². The molecule has 0 unspecified atom stereocenters. The smallest absolute Gasteiger partial charge is 0.255 e. The van der Waals surface area contributed by atoms with Crippen LogP contribution >= 0.6 is 0 Å². The maximum Gasteiger partial charge on any atom is 0.255 e. The molecule has 4 nitrogen and oxygen atoms in total. The summed E-state index contributed by atoms with van der Waals surface area (Å²) in [5.41, 5.74) is 3.18. The lowest BCUT2D eigenvalue weighted by Crippen LogP contribution is -2.14. The number of nitrogens with one attached hydrogen (secondary N) is 1. The van der Waals surface area contributed by atoms with Gasteiger partial charge in [-0.15, -0.1) is 0 Å². The third kappa shape index (κ3) is 5.14. The van der Waals surface area contributed by atoms with Gasteiger partial charge in [0.15, 0.2) is 0 Å². The molecule has 1 N–H and O–H groups in total. The van der Waals surface area contributed by atoms with E-state index in [1.807, 2.05) is 39.0 Å². The number of carbonyl (C=O) groups excluding carboxylic acids is 1. The van der Waals surface area contributed by atoms with Crippen LogP contribution in [0.5, 0.6) is 11.5 Å². The lowest BCUT2D eigenvalue weighted by molar-refractivity contribution is 0.102. The SMILES string of the molecule is CCOc1ccc(C(=O)Nc2ccc(F)cc2F)cc1COc1ccc(C)c(C)c1. The fourth-order valence-corrected chi connectivity index (χ4v) is 2.88. The highest BCUT2D eigenvalue weighted by Crippen LogP contribution is 2.25. The molecule has 3 rings (SSSR count). The molecule has 0 saturated carbocycles. The molecule has 3 aromatic rings. The zero-order chi connectivity index (χ0) is 21.7. The molecule has 0 aliphatic heterocycles. The molecule has 0 aromatic heterocycles. The van der Waals surface area contributed by atoms with Crippen molar-refractivity contribution in [3.63, 3.8) is 0 Å². The molecule has 0 bridgehead atoms. The summed E-state index contributed by atoms with van der Waals surface area (Å²) in [7, 11) is 0. The Kier molecular flexibility index (Phi) is 6.67. The first-order valence-electron chi connectivity index (χ1n) is 9.59. The first kappa shape index (κ1) is 21.3. The van der Waals surface area contributed by atoms with E-state index in [1.54, 1.807) is 18.2 Å². The fraction of sp³-hybridized carbons (Fsp3) is 0.208. The van der Waals surface area contributed by atoms with Crippen molar-refractivity contribution in [2.24, 2.45) is 0 Å². The first-order valence-corrected chi connectivity index (χ1v) is 9.59. The zero-order valence-corrected chi connectivity index (χ0v) is 17.1. The predicted octanol–water partition coefficient (Wildman–Crippen LogP) is 5.81. The van der Waals surface area contributed by atoms with Crippen molar-refractivity contribution in [3.8, 4) is 11.5 Å². The lowest BCUT2D eigenvalue weighted by atomic mass is 10.1. The summed E-state index contributed by atoms with van der Waals surface area (Å²) in [5, 5.41) is 2.46. The number of hydrogen-bond acceptors (Lipinski definition) is 3. The van der Waals surface area contributed by atoms with Crippen molar-refractivity contribution in [2.75, 3.05) is 11.9 Å². The number of halogens is 2. The van der Waals surface area contributed by atoms with Gasteiger partial charge in [-0.3, -0.25) is 4.79 Å². The molecule has 0 saturated heterocycles. The van der Waals surface area contributed by atoms with E-state index in [-0.39, 0.29) is 12.3 Å². The van der Waals surface area contributed by atoms with Gasteiger partial charge in [0.25, 0.3) is 5.91 Å². The Labute approximate surface area is 174 Å².